The molecule has 0 spiro atoms. The molecule has 0 rings (SSSR count). The van der Waals surface area contributed by atoms with Gasteiger partial charge in [0.2, 0.25) is 0 Å². The van der Waals surface area contributed by atoms with Crippen molar-refractivity contribution in [3.05, 3.63) is 0 Å². The average Bonchev–Trinajstić information content (AvgIpc) is 2.34. The van der Waals surface area contributed by atoms with Crippen LogP contribution >= 0.6 is 0 Å². The summed E-state index contributed by atoms with van der Waals surface area (Å²) in [7, 11) is 0. The first-order valence-electron chi connectivity index (χ1n) is 6.19. The fraction of sp³-hybridized carbons (Fsp3) is 0.692. The van der Waals surface area contributed by atoms with E-state index in [2.05, 4.69) is 11.2 Å². The summed E-state index contributed by atoms with van der Waals surface area (Å²) in [6.45, 7) is 6.32. The molecule has 0 aliphatic rings. The average molecular weight is 254 g/mol. The van der Waals surface area contributed by atoms with E-state index in [4.69, 9.17) is 11.5 Å². The smallest absolute Gasteiger partial charge is 0.326 e. The van der Waals surface area contributed by atoms with Gasteiger partial charge in [0.15, 0.2) is 0 Å². The Morgan fingerprint density at radius 2 is 2.06 bits per heavy atom. The summed E-state index contributed by atoms with van der Waals surface area (Å²) >= 11 is 0. The molecule has 0 aliphatic heterocycles. The molecule has 0 aliphatic carbocycles. The van der Waals surface area contributed by atoms with Crippen molar-refractivity contribution >= 4 is 12.0 Å². The van der Waals surface area contributed by atoms with Gasteiger partial charge < -0.3 is 15.3 Å². The van der Waals surface area contributed by atoms with Gasteiger partial charge in [-0.1, -0.05) is 33.1 Å². The number of rotatable bonds is 7. The number of nitrogens with one attached hydrogen (secondary N) is 1. The Labute approximate surface area is 109 Å². The topological polar surface area (TPSA) is 69.6 Å². The number of amides is 2. The quantitative estimate of drug-likeness (QED) is 0.677. The zero-order valence-electron chi connectivity index (χ0n) is 11.3. The molecular formula is C13H22N2O3. The number of urea groups is 1. The molecule has 0 aromatic heterocycles. The maximum Gasteiger partial charge on any atom is 0.326 e. The molecule has 0 aromatic carbocycles. The lowest BCUT2D eigenvalue weighted by Crippen LogP contribution is -2.50. The van der Waals surface area contributed by atoms with E-state index in [0.717, 1.165) is 6.42 Å². The highest BCUT2D eigenvalue weighted by Crippen LogP contribution is 2.08. The van der Waals surface area contributed by atoms with Gasteiger partial charge in [0, 0.05) is 6.54 Å². The molecule has 0 saturated carbocycles. The van der Waals surface area contributed by atoms with Crippen LogP contribution in [0.25, 0.3) is 0 Å². The Hall–Kier alpha value is -1.70. The summed E-state index contributed by atoms with van der Waals surface area (Å²) in [6.07, 6.45) is 6.64. The monoisotopic (exact) mass is 254 g/mol. The first-order valence-corrected chi connectivity index (χ1v) is 6.19. The van der Waals surface area contributed by atoms with E-state index < -0.39 is 18.0 Å². The van der Waals surface area contributed by atoms with E-state index in [1.807, 2.05) is 13.8 Å². The fourth-order valence-electron chi connectivity index (χ4n) is 1.54. The number of nitrogens with zero attached hydrogens (tertiary/aromatic N) is 1. The molecule has 0 aromatic rings. The van der Waals surface area contributed by atoms with Crippen LogP contribution in [-0.2, 0) is 4.79 Å². The largest absolute Gasteiger partial charge is 0.480 e. The van der Waals surface area contributed by atoms with Crippen molar-refractivity contribution in [1.82, 2.24) is 10.2 Å². The van der Waals surface area contributed by atoms with Crippen LogP contribution in [0, 0.1) is 18.3 Å². The zero-order valence-corrected chi connectivity index (χ0v) is 11.3. The Balaban J connectivity index is 4.66. The molecule has 5 nitrogen and oxygen atoms in total. The van der Waals surface area contributed by atoms with Crippen molar-refractivity contribution in [3.63, 3.8) is 0 Å². The number of carboxylic acid groups (broad SMARTS) is 1. The molecule has 0 radical (unpaired) electrons. The van der Waals surface area contributed by atoms with Gasteiger partial charge in [-0.25, -0.2) is 9.59 Å². The normalized spacial score (nSPS) is 13.2. The molecule has 102 valence electrons. The van der Waals surface area contributed by atoms with Crippen LogP contribution in [0.15, 0.2) is 0 Å². The lowest BCUT2D eigenvalue weighted by molar-refractivity contribution is -0.140. The summed E-state index contributed by atoms with van der Waals surface area (Å²) in [5.41, 5.74) is 0. The number of aliphatic carboxylic acids is 1. The second kappa shape index (κ2) is 8.40. The van der Waals surface area contributed by atoms with E-state index in [1.54, 1.807) is 6.92 Å². The zero-order chi connectivity index (χ0) is 14.1. The molecular weight excluding hydrogens is 232 g/mol. The minimum Gasteiger partial charge on any atom is -0.480 e. The number of hydrogen-bond donors (Lipinski definition) is 2. The minimum atomic E-state index is -1.02. The molecule has 2 amide bonds. The van der Waals surface area contributed by atoms with Crippen molar-refractivity contribution < 1.29 is 14.7 Å². The van der Waals surface area contributed by atoms with E-state index in [9.17, 15) is 9.59 Å². The lowest BCUT2D eigenvalue weighted by atomic mass is 9.99. The highest BCUT2D eigenvalue weighted by molar-refractivity contribution is 5.82. The Kier molecular flexibility index (Phi) is 7.61. The van der Waals surface area contributed by atoms with Gasteiger partial charge in [0.25, 0.3) is 0 Å². The SMILES string of the molecule is C#CCN(CCC)C(=O)N[C@H](C(=O)O)[C@@H](C)CC. The molecule has 0 unspecified atom stereocenters. The van der Waals surface area contributed by atoms with Crippen LogP contribution < -0.4 is 5.32 Å². The molecule has 0 fully saturated rings. The van der Waals surface area contributed by atoms with Gasteiger partial charge >= 0.3 is 12.0 Å². The van der Waals surface area contributed by atoms with Crippen LogP contribution in [0.5, 0.6) is 0 Å². The number of hydrogen-bond acceptors (Lipinski definition) is 2. The Morgan fingerprint density at radius 3 is 2.44 bits per heavy atom. The van der Waals surface area contributed by atoms with Gasteiger partial charge in [-0.05, 0) is 12.3 Å². The van der Waals surface area contributed by atoms with Crippen LogP contribution in [0.3, 0.4) is 0 Å². The van der Waals surface area contributed by atoms with Crippen molar-refractivity contribution in [1.29, 1.82) is 0 Å². The maximum absolute atomic E-state index is 11.9. The van der Waals surface area contributed by atoms with Gasteiger partial charge in [-0.3, -0.25) is 0 Å². The third kappa shape index (κ3) is 5.09. The van der Waals surface area contributed by atoms with Gasteiger partial charge in [0.05, 0.1) is 6.54 Å². The number of terminal acetylenes is 1. The fourth-order valence-corrected chi connectivity index (χ4v) is 1.54. The van der Waals surface area contributed by atoms with Crippen LogP contribution in [0.4, 0.5) is 4.79 Å². The van der Waals surface area contributed by atoms with Crippen molar-refractivity contribution in [3.8, 4) is 12.3 Å². The molecule has 2 atom stereocenters. The maximum atomic E-state index is 11.9. The predicted octanol–water partition coefficient (Wildman–Crippen LogP) is 1.54. The third-order valence-electron chi connectivity index (χ3n) is 2.82. The number of carbonyl (C=O) groups is 2. The summed E-state index contributed by atoms with van der Waals surface area (Å²) in [5, 5.41) is 11.6. The first kappa shape index (κ1) is 16.3. The van der Waals surface area contributed by atoms with Gasteiger partial charge in [-0.15, -0.1) is 6.42 Å². The number of carbonyl (C=O) groups excluding carboxylic acids is 1. The molecule has 0 bridgehead atoms. The highest BCUT2D eigenvalue weighted by Gasteiger charge is 2.26. The van der Waals surface area contributed by atoms with E-state index >= 15 is 0 Å². The minimum absolute atomic E-state index is 0.124. The van der Waals surface area contributed by atoms with E-state index in [-0.39, 0.29) is 12.5 Å². The molecule has 0 heterocycles. The Bertz CT molecular complexity index is 323. The van der Waals surface area contributed by atoms with Crippen molar-refractivity contribution in [2.75, 3.05) is 13.1 Å². The van der Waals surface area contributed by atoms with E-state index in [0.29, 0.717) is 13.0 Å². The summed E-state index contributed by atoms with van der Waals surface area (Å²) in [5.74, 6) is 1.25. The number of carboxylic acids is 1. The second-order valence-electron chi connectivity index (χ2n) is 4.28. The van der Waals surface area contributed by atoms with Crippen LogP contribution in [-0.4, -0.2) is 41.1 Å². The third-order valence-corrected chi connectivity index (χ3v) is 2.82. The predicted molar refractivity (Wildman–Crippen MR) is 70.1 cm³/mol. The van der Waals surface area contributed by atoms with E-state index in [1.165, 1.54) is 4.90 Å². The molecule has 0 saturated heterocycles. The summed E-state index contributed by atoms with van der Waals surface area (Å²) < 4.78 is 0. The first-order chi connectivity index (χ1) is 8.47. The van der Waals surface area contributed by atoms with Crippen molar-refractivity contribution in [2.45, 2.75) is 39.7 Å². The van der Waals surface area contributed by atoms with Gasteiger partial charge in [-0.2, -0.15) is 0 Å². The standard InChI is InChI=1S/C13H22N2O3/c1-5-8-15(9-6-2)13(18)14-11(12(16)17)10(4)7-3/h1,10-11H,6-9H2,2-4H3,(H,14,18)(H,16,17)/t10-,11-/m0/s1. The molecule has 2 N–H and O–H groups in total. The molecule has 5 heteroatoms. The van der Waals surface area contributed by atoms with Crippen LogP contribution in [0.2, 0.25) is 0 Å². The highest BCUT2D eigenvalue weighted by atomic mass is 16.4. The van der Waals surface area contributed by atoms with Crippen molar-refractivity contribution in [2.24, 2.45) is 5.92 Å². The lowest BCUT2D eigenvalue weighted by Gasteiger charge is -2.25. The van der Waals surface area contributed by atoms with Crippen LogP contribution in [0.1, 0.15) is 33.6 Å². The summed E-state index contributed by atoms with van der Waals surface area (Å²) in [4.78, 5) is 24.5. The molecule has 18 heavy (non-hydrogen) atoms. The second-order valence-corrected chi connectivity index (χ2v) is 4.28. The Morgan fingerprint density at radius 1 is 1.44 bits per heavy atom. The van der Waals surface area contributed by atoms with Gasteiger partial charge in [0.1, 0.15) is 6.04 Å². The summed E-state index contributed by atoms with van der Waals surface area (Å²) in [6, 6.07) is -1.29.